The molecule has 1 nitrogen and oxygen atoms in total. The van der Waals surface area contributed by atoms with Gasteiger partial charge in [0.25, 0.3) is 0 Å². The second-order valence-corrected chi connectivity index (χ2v) is 5.41. The van der Waals surface area contributed by atoms with Crippen LogP contribution in [-0.4, -0.2) is 5.78 Å². The molecule has 1 rings (SSSR count). The molecule has 0 aliphatic carbocycles. The van der Waals surface area contributed by atoms with Crippen LogP contribution in [0.15, 0.2) is 22.7 Å². The van der Waals surface area contributed by atoms with E-state index < -0.39 is 5.41 Å². The van der Waals surface area contributed by atoms with Crippen LogP contribution in [0.2, 0.25) is 5.02 Å². The number of Topliss-reactive ketones (excluding diaryl/α,β-unsaturated/α-hetero) is 1. The van der Waals surface area contributed by atoms with Gasteiger partial charge in [-0.3, -0.25) is 4.79 Å². The number of hydrogen-bond donors (Lipinski definition) is 0. The minimum atomic E-state index is -0.398. The highest BCUT2D eigenvalue weighted by Crippen LogP contribution is 2.30. The second-order valence-electron chi connectivity index (χ2n) is 4.18. The first-order valence-electron chi connectivity index (χ1n) is 4.33. The molecule has 0 unspecified atom stereocenters. The summed E-state index contributed by atoms with van der Waals surface area (Å²) in [5.74, 6) is 0.0591. The lowest BCUT2D eigenvalue weighted by Gasteiger charge is -2.17. The minimum Gasteiger partial charge on any atom is -0.294 e. The quantitative estimate of drug-likeness (QED) is 0.697. The van der Waals surface area contributed by atoms with Gasteiger partial charge in [-0.05, 0) is 28.1 Å². The lowest BCUT2D eigenvalue weighted by molar-refractivity contribution is 0.0858. The normalized spacial score (nSPS) is 11.5. The second kappa shape index (κ2) is 4.03. The van der Waals surface area contributed by atoms with E-state index in [2.05, 4.69) is 15.9 Å². The molecule has 0 atom stereocenters. The van der Waals surface area contributed by atoms with Crippen molar-refractivity contribution in [3.05, 3.63) is 33.3 Å². The summed E-state index contributed by atoms with van der Waals surface area (Å²) in [6.45, 7) is 5.64. The molecular formula is C11H12BrClO. The molecule has 76 valence electrons. The third-order valence-electron chi connectivity index (χ3n) is 1.88. The van der Waals surface area contributed by atoms with Gasteiger partial charge in [0.05, 0.1) is 5.02 Å². The van der Waals surface area contributed by atoms with Crippen LogP contribution >= 0.6 is 27.5 Å². The molecule has 1 aromatic carbocycles. The minimum absolute atomic E-state index is 0.0591. The molecule has 0 aliphatic rings. The van der Waals surface area contributed by atoms with E-state index in [0.717, 1.165) is 4.47 Å². The van der Waals surface area contributed by atoms with Crippen LogP contribution in [-0.2, 0) is 0 Å². The third kappa shape index (κ3) is 2.37. The van der Waals surface area contributed by atoms with Gasteiger partial charge < -0.3 is 0 Å². The fraction of sp³-hybridized carbons (Fsp3) is 0.364. The Morgan fingerprint density at radius 3 is 2.43 bits per heavy atom. The van der Waals surface area contributed by atoms with Crippen molar-refractivity contribution in [1.29, 1.82) is 0 Å². The number of rotatable bonds is 1. The van der Waals surface area contributed by atoms with Crippen molar-refractivity contribution >= 4 is 33.3 Å². The largest absolute Gasteiger partial charge is 0.294 e. The molecule has 0 saturated heterocycles. The van der Waals surface area contributed by atoms with Crippen LogP contribution < -0.4 is 0 Å². The van der Waals surface area contributed by atoms with E-state index in [1.807, 2.05) is 32.9 Å². The Morgan fingerprint density at radius 1 is 1.36 bits per heavy atom. The fourth-order valence-electron chi connectivity index (χ4n) is 1.08. The summed E-state index contributed by atoms with van der Waals surface area (Å²) < 4.78 is 0.759. The molecule has 0 heterocycles. The van der Waals surface area contributed by atoms with Crippen molar-refractivity contribution in [1.82, 2.24) is 0 Å². The predicted molar refractivity (Wildman–Crippen MR) is 62.9 cm³/mol. The molecule has 3 heteroatoms. The lowest BCUT2D eigenvalue weighted by atomic mass is 9.86. The van der Waals surface area contributed by atoms with Gasteiger partial charge in [0, 0.05) is 15.5 Å². The standard InChI is InChI=1S/C11H12BrClO/c1-11(2,3)10(14)7-5-4-6-8(12)9(7)13/h4-6H,1-3H3. The molecule has 0 radical (unpaired) electrons. The van der Waals surface area contributed by atoms with Crippen molar-refractivity contribution in [3.8, 4) is 0 Å². The van der Waals surface area contributed by atoms with Crippen LogP contribution in [0.25, 0.3) is 0 Å². The Kier molecular flexibility index (Phi) is 3.38. The Hall–Kier alpha value is -0.340. The van der Waals surface area contributed by atoms with Crippen LogP contribution in [0.4, 0.5) is 0 Å². The highest BCUT2D eigenvalue weighted by molar-refractivity contribution is 9.10. The molecular weight excluding hydrogens is 263 g/mol. The summed E-state index contributed by atoms with van der Waals surface area (Å²) in [4.78, 5) is 11.9. The number of benzene rings is 1. The first-order valence-corrected chi connectivity index (χ1v) is 5.50. The van der Waals surface area contributed by atoms with E-state index in [1.54, 1.807) is 6.07 Å². The van der Waals surface area contributed by atoms with Crippen molar-refractivity contribution in [3.63, 3.8) is 0 Å². The molecule has 0 N–H and O–H groups in total. The molecule has 14 heavy (non-hydrogen) atoms. The van der Waals surface area contributed by atoms with Gasteiger partial charge in [0.1, 0.15) is 0 Å². The van der Waals surface area contributed by atoms with E-state index in [9.17, 15) is 4.79 Å². The first kappa shape index (κ1) is 11.7. The molecule has 0 spiro atoms. The summed E-state index contributed by atoms with van der Waals surface area (Å²) in [5, 5.41) is 0.493. The molecule has 1 aromatic rings. The summed E-state index contributed by atoms with van der Waals surface area (Å²) >= 11 is 9.32. The summed E-state index contributed by atoms with van der Waals surface area (Å²) in [6.07, 6.45) is 0. The van der Waals surface area contributed by atoms with Crippen LogP contribution in [0.1, 0.15) is 31.1 Å². The summed E-state index contributed by atoms with van der Waals surface area (Å²) in [6, 6.07) is 5.39. The Labute approximate surface area is 97.6 Å². The SMILES string of the molecule is CC(C)(C)C(=O)c1cccc(Br)c1Cl. The molecule has 0 fully saturated rings. The molecule has 0 aromatic heterocycles. The van der Waals surface area contributed by atoms with Gasteiger partial charge in [0.2, 0.25) is 0 Å². The number of carbonyl (C=O) groups is 1. The maximum atomic E-state index is 11.9. The Bertz CT molecular complexity index is 366. The highest BCUT2D eigenvalue weighted by Gasteiger charge is 2.25. The van der Waals surface area contributed by atoms with Gasteiger partial charge in [-0.15, -0.1) is 0 Å². The van der Waals surface area contributed by atoms with Crippen LogP contribution in [0.5, 0.6) is 0 Å². The average molecular weight is 276 g/mol. The van der Waals surface area contributed by atoms with Gasteiger partial charge in [-0.2, -0.15) is 0 Å². The number of ketones is 1. The predicted octanol–water partition coefficient (Wildman–Crippen LogP) is 4.33. The van der Waals surface area contributed by atoms with Crippen molar-refractivity contribution in [2.45, 2.75) is 20.8 Å². The summed E-state index contributed by atoms with van der Waals surface area (Å²) in [7, 11) is 0. The Balaban J connectivity index is 3.21. The number of hydrogen-bond acceptors (Lipinski definition) is 1. The zero-order chi connectivity index (χ0) is 10.9. The first-order chi connectivity index (χ1) is 6.34. The molecule has 0 aliphatic heterocycles. The molecule has 0 saturated carbocycles. The molecule has 0 amide bonds. The maximum absolute atomic E-state index is 11.9. The summed E-state index contributed by atoms with van der Waals surface area (Å²) in [5.41, 5.74) is 0.179. The van der Waals surface area contributed by atoms with Crippen LogP contribution in [0.3, 0.4) is 0 Å². The zero-order valence-corrected chi connectivity index (χ0v) is 10.7. The Morgan fingerprint density at radius 2 is 1.93 bits per heavy atom. The van der Waals surface area contributed by atoms with Crippen molar-refractivity contribution in [2.75, 3.05) is 0 Å². The van der Waals surface area contributed by atoms with E-state index in [1.165, 1.54) is 0 Å². The average Bonchev–Trinajstić information content (AvgIpc) is 2.07. The van der Waals surface area contributed by atoms with E-state index in [0.29, 0.717) is 10.6 Å². The topological polar surface area (TPSA) is 17.1 Å². The highest BCUT2D eigenvalue weighted by atomic mass is 79.9. The van der Waals surface area contributed by atoms with Crippen molar-refractivity contribution in [2.24, 2.45) is 5.41 Å². The zero-order valence-electron chi connectivity index (χ0n) is 8.40. The van der Waals surface area contributed by atoms with Gasteiger partial charge in [-0.1, -0.05) is 38.4 Å². The number of carbonyl (C=O) groups excluding carboxylic acids is 1. The third-order valence-corrected chi connectivity index (χ3v) is 3.17. The lowest BCUT2D eigenvalue weighted by Crippen LogP contribution is -2.20. The van der Waals surface area contributed by atoms with Crippen molar-refractivity contribution < 1.29 is 4.79 Å². The van der Waals surface area contributed by atoms with E-state index >= 15 is 0 Å². The van der Waals surface area contributed by atoms with E-state index in [4.69, 9.17) is 11.6 Å². The maximum Gasteiger partial charge on any atom is 0.169 e. The fourth-order valence-corrected chi connectivity index (χ4v) is 1.66. The van der Waals surface area contributed by atoms with Crippen LogP contribution in [0, 0.1) is 5.41 Å². The monoisotopic (exact) mass is 274 g/mol. The molecule has 0 bridgehead atoms. The van der Waals surface area contributed by atoms with Gasteiger partial charge >= 0.3 is 0 Å². The number of halogens is 2. The van der Waals surface area contributed by atoms with Gasteiger partial charge in [-0.25, -0.2) is 0 Å². The smallest absolute Gasteiger partial charge is 0.169 e. The van der Waals surface area contributed by atoms with Gasteiger partial charge in [0.15, 0.2) is 5.78 Å². The van der Waals surface area contributed by atoms with E-state index in [-0.39, 0.29) is 5.78 Å².